The van der Waals surface area contributed by atoms with Gasteiger partial charge in [0.05, 0.1) is 30.1 Å². The third-order valence-electron chi connectivity index (χ3n) is 7.01. The zero-order valence-corrected chi connectivity index (χ0v) is 23.1. The number of aldehydes is 1. The van der Waals surface area contributed by atoms with Crippen molar-refractivity contribution < 1.29 is 22.7 Å². The predicted octanol–water partition coefficient (Wildman–Crippen LogP) is 5.47. The van der Waals surface area contributed by atoms with Crippen molar-refractivity contribution in [3.8, 4) is 0 Å². The molecular weight excluding hydrogens is 488 g/mol. The van der Waals surface area contributed by atoms with E-state index >= 15 is 4.39 Å². The Balaban J connectivity index is 1.86. The number of hydrogen-bond acceptors (Lipinski definition) is 4. The number of morpholine rings is 1. The Labute approximate surface area is 219 Å². The number of carbonyl (C=O) groups is 1. The van der Waals surface area contributed by atoms with Gasteiger partial charge in [-0.1, -0.05) is 81.4 Å². The minimum atomic E-state index is -2.94. The predicted molar refractivity (Wildman–Crippen MR) is 146 cm³/mol. The van der Waals surface area contributed by atoms with Crippen molar-refractivity contribution in [3.05, 3.63) is 89.5 Å². The summed E-state index contributed by atoms with van der Waals surface area (Å²) in [6, 6.07) is 21.7. The van der Waals surface area contributed by atoms with Gasteiger partial charge in [0, 0.05) is 18.7 Å². The Bertz CT molecular complexity index is 1180. The van der Waals surface area contributed by atoms with Crippen LogP contribution in [0.5, 0.6) is 0 Å². The topological polar surface area (TPSA) is 38.8 Å². The maximum atomic E-state index is 15.6. The molecule has 0 aromatic heterocycles. The highest BCUT2D eigenvalue weighted by atomic mass is 28.4. The van der Waals surface area contributed by atoms with Crippen LogP contribution in [0.3, 0.4) is 0 Å². The minimum absolute atomic E-state index is 0.0285. The lowest BCUT2D eigenvalue weighted by atomic mass is 10.1. The molecule has 3 aromatic rings. The molecule has 1 aliphatic heterocycles. The Kier molecular flexibility index (Phi) is 7.97. The van der Waals surface area contributed by atoms with Crippen molar-refractivity contribution in [1.29, 1.82) is 0 Å². The first kappa shape index (κ1) is 27.2. The second-order valence-electron chi connectivity index (χ2n) is 10.8. The Morgan fingerprint density at radius 1 is 0.946 bits per heavy atom. The van der Waals surface area contributed by atoms with Crippen molar-refractivity contribution in [1.82, 2.24) is 0 Å². The maximum absolute atomic E-state index is 15.6. The van der Waals surface area contributed by atoms with Gasteiger partial charge in [0.1, 0.15) is 0 Å². The van der Waals surface area contributed by atoms with Crippen molar-refractivity contribution >= 4 is 30.7 Å². The van der Waals surface area contributed by atoms with Gasteiger partial charge in [0.25, 0.3) is 8.32 Å². The van der Waals surface area contributed by atoms with Crippen LogP contribution in [-0.2, 0) is 15.8 Å². The number of rotatable bonds is 7. The lowest BCUT2D eigenvalue weighted by Crippen LogP contribution is -2.66. The van der Waals surface area contributed by atoms with Gasteiger partial charge in [-0.25, -0.2) is 8.78 Å². The highest BCUT2D eigenvalue weighted by Crippen LogP contribution is 2.39. The van der Waals surface area contributed by atoms with E-state index in [0.717, 1.165) is 10.4 Å². The Morgan fingerprint density at radius 2 is 1.46 bits per heavy atom. The number of hydrogen-bond donors (Lipinski definition) is 0. The summed E-state index contributed by atoms with van der Waals surface area (Å²) in [6.07, 6.45) is 0.0591. The second kappa shape index (κ2) is 10.9. The van der Waals surface area contributed by atoms with E-state index < -0.39 is 20.0 Å². The summed E-state index contributed by atoms with van der Waals surface area (Å²) in [4.78, 5) is 13.5. The van der Waals surface area contributed by atoms with E-state index in [1.807, 2.05) is 55.1 Å². The van der Waals surface area contributed by atoms with E-state index in [9.17, 15) is 9.18 Å². The summed E-state index contributed by atoms with van der Waals surface area (Å²) in [7, 11) is -2.94. The van der Waals surface area contributed by atoms with Gasteiger partial charge in [-0.15, -0.1) is 0 Å². The smallest absolute Gasteiger partial charge is 0.261 e. The number of ether oxygens (including phenoxy) is 1. The van der Waals surface area contributed by atoms with E-state index in [2.05, 4.69) is 45.0 Å². The molecule has 4 rings (SSSR count). The second-order valence-corrected chi connectivity index (χ2v) is 15.1. The molecule has 7 heteroatoms. The van der Waals surface area contributed by atoms with Crippen molar-refractivity contribution in [3.63, 3.8) is 0 Å². The summed E-state index contributed by atoms with van der Waals surface area (Å²) >= 11 is 0. The van der Waals surface area contributed by atoms with Crippen LogP contribution in [0, 0.1) is 11.6 Å². The van der Waals surface area contributed by atoms with E-state index in [1.54, 1.807) is 0 Å². The monoisotopic (exact) mass is 523 g/mol. The first-order valence-electron chi connectivity index (χ1n) is 12.7. The fraction of sp³-hybridized carbons (Fsp3) is 0.367. The first-order chi connectivity index (χ1) is 17.6. The maximum Gasteiger partial charge on any atom is 0.261 e. The molecule has 3 aromatic carbocycles. The van der Waals surface area contributed by atoms with E-state index in [-0.39, 0.29) is 35.1 Å². The molecule has 0 spiro atoms. The lowest BCUT2D eigenvalue weighted by molar-refractivity contribution is -0.00553. The Morgan fingerprint density at radius 3 is 1.92 bits per heavy atom. The number of benzene rings is 3. The fourth-order valence-electron chi connectivity index (χ4n) is 5.54. The molecule has 0 radical (unpaired) electrons. The molecule has 0 aliphatic carbocycles. The van der Waals surface area contributed by atoms with E-state index in [1.165, 1.54) is 6.07 Å². The SMILES string of the molecule is C[C@@H]1CN(c2c(CO[Si](c3ccccc3)(c3ccccc3)C(C)(C)C)cc(C=O)c(F)c2F)C[C@H](C)O1. The highest BCUT2D eigenvalue weighted by Gasteiger charge is 2.50. The summed E-state index contributed by atoms with van der Waals surface area (Å²) in [5, 5.41) is 1.88. The van der Waals surface area contributed by atoms with Crippen LogP contribution in [-0.4, -0.2) is 39.9 Å². The fourth-order valence-corrected chi connectivity index (χ4v) is 10.1. The molecule has 0 N–H and O–H groups in total. The normalized spacial score (nSPS) is 18.6. The van der Waals surface area contributed by atoms with Gasteiger partial charge in [0.2, 0.25) is 0 Å². The molecule has 196 valence electrons. The van der Waals surface area contributed by atoms with Gasteiger partial charge < -0.3 is 14.1 Å². The number of nitrogens with zero attached hydrogens (tertiary/aromatic N) is 1. The van der Waals surface area contributed by atoms with Gasteiger partial charge >= 0.3 is 0 Å². The molecule has 1 saturated heterocycles. The third-order valence-corrected chi connectivity index (χ3v) is 12.0. The molecule has 0 saturated carbocycles. The van der Waals surface area contributed by atoms with Crippen LogP contribution in [0.15, 0.2) is 66.7 Å². The van der Waals surface area contributed by atoms with Gasteiger partial charge in [-0.3, -0.25) is 4.79 Å². The molecule has 4 nitrogen and oxygen atoms in total. The molecular formula is C30H35F2NO3Si. The number of carbonyl (C=O) groups excluding carboxylic acids is 1. The van der Waals surface area contributed by atoms with Gasteiger partial charge in [-0.2, -0.15) is 0 Å². The zero-order valence-electron chi connectivity index (χ0n) is 22.1. The highest BCUT2D eigenvalue weighted by molar-refractivity contribution is 6.99. The Hall–Kier alpha value is -2.87. The molecule has 1 fully saturated rings. The summed E-state index contributed by atoms with van der Waals surface area (Å²) in [6.45, 7) is 11.2. The quantitative estimate of drug-likeness (QED) is 0.304. The summed E-state index contributed by atoms with van der Waals surface area (Å²) < 4.78 is 43.3. The molecule has 1 aliphatic rings. The average molecular weight is 524 g/mol. The van der Waals surface area contributed by atoms with Crippen LogP contribution in [0.4, 0.5) is 14.5 Å². The zero-order chi connectivity index (χ0) is 26.8. The first-order valence-corrected chi connectivity index (χ1v) is 14.6. The molecule has 2 atom stereocenters. The molecule has 0 amide bonds. The van der Waals surface area contributed by atoms with E-state index in [4.69, 9.17) is 9.16 Å². The van der Waals surface area contributed by atoms with Gasteiger partial charge in [0.15, 0.2) is 17.9 Å². The summed E-state index contributed by atoms with van der Waals surface area (Å²) in [5.41, 5.74) is 0.287. The molecule has 37 heavy (non-hydrogen) atoms. The minimum Gasteiger partial charge on any atom is -0.403 e. The number of anilines is 1. The van der Waals surface area contributed by atoms with Crippen molar-refractivity contribution in [2.24, 2.45) is 0 Å². The van der Waals surface area contributed by atoms with Crippen molar-refractivity contribution in [2.45, 2.75) is 58.5 Å². The van der Waals surface area contributed by atoms with Gasteiger partial charge in [-0.05, 0) is 35.3 Å². The third kappa shape index (κ3) is 5.26. The molecule has 1 heterocycles. The largest absolute Gasteiger partial charge is 0.403 e. The molecule has 0 unspecified atom stereocenters. The van der Waals surface area contributed by atoms with Crippen LogP contribution < -0.4 is 15.3 Å². The van der Waals surface area contributed by atoms with Crippen molar-refractivity contribution in [2.75, 3.05) is 18.0 Å². The molecule has 0 bridgehead atoms. The van der Waals surface area contributed by atoms with Crippen LogP contribution in [0.1, 0.15) is 50.5 Å². The lowest BCUT2D eigenvalue weighted by Gasteiger charge is -2.43. The van der Waals surface area contributed by atoms with Crippen LogP contribution >= 0.6 is 0 Å². The summed E-state index contributed by atoms with van der Waals surface area (Å²) in [5.74, 6) is -2.15. The average Bonchev–Trinajstić information content (AvgIpc) is 2.86. The number of halogens is 2. The van der Waals surface area contributed by atoms with Crippen LogP contribution in [0.25, 0.3) is 0 Å². The standard InChI is InChI=1S/C30H35F2NO3Si/c1-21-17-33(18-22(2)36-21)29-24(16-23(19-34)27(31)28(29)32)20-35-37(30(3,4)5,25-12-8-6-9-13-25)26-14-10-7-11-15-26/h6-16,19,21-22H,17-18,20H2,1-5H3/t21-,22+. The van der Waals surface area contributed by atoms with Crippen LogP contribution in [0.2, 0.25) is 5.04 Å². The van der Waals surface area contributed by atoms with E-state index in [0.29, 0.717) is 24.9 Å².